The number of nitrogens with one attached hydrogen (secondary N) is 1. The highest BCUT2D eigenvalue weighted by molar-refractivity contribution is 5.91. The first-order valence-corrected chi connectivity index (χ1v) is 13.2. The van der Waals surface area contributed by atoms with E-state index in [4.69, 9.17) is 10.5 Å². The third-order valence-corrected chi connectivity index (χ3v) is 6.56. The number of phenolic OH excluding ortho intramolecular Hbond substituents is 1. The fourth-order valence-electron chi connectivity index (χ4n) is 4.41. The molecule has 39 heavy (non-hydrogen) atoms. The van der Waals surface area contributed by atoms with Gasteiger partial charge in [-0.25, -0.2) is 4.79 Å². The molecule has 0 bridgehead atoms. The number of benzene rings is 2. The van der Waals surface area contributed by atoms with Crippen LogP contribution >= 0.6 is 0 Å². The number of carbonyl (C=O) groups is 3. The molecule has 0 aromatic heterocycles. The van der Waals surface area contributed by atoms with Crippen LogP contribution in [-0.2, 0) is 27.2 Å². The van der Waals surface area contributed by atoms with Gasteiger partial charge in [0.25, 0.3) is 0 Å². The number of aromatic hydroxyl groups is 1. The van der Waals surface area contributed by atoms with Gasteiger partial charge in [0.2, 0.25) is 11.8 Å². The second-order valence-electron chi connectivity index (χ2n) is 11.2. The quantitative estimate of drug-likeness (QED) is 0.398. The Balaban J connectivity index is 2.32. The number of anilines is 1. The summed E-state index contributed by atoms with van der Waals surface area (Å²) in [7, 11) is 3.96. The van der Waals surface area contributed by atoms with Gasteiger partial charge in [-0.15, -0.1) is 0 Å². The van der Waals surface area contributed by atoms with Crippen LogP contribution < -0.4 is 16.0 Å². The van der Waals surface area contributed by atoms with Crippen molar-refractivity contribution in [1.82, 2.24) is 10.2 Å². The minimum absolute atomic E-state index is 0.124. The molecule has 2 aromatic carbocycles. The molecule has 1 unspecified atom stereocenters. The van der Waals surface area contributed by atoms with Gasteiger partial charge in [0.1, 0.15) is 23.4 Å². The van der Waals surface area contributed by atoms with Gasteiger partial charge in [-0.1, -0.05) is 12.1 Å². The van der Waals surface area contributed by atoms with Crippen LogP contribution in [0.15, 0.2) is 36.4 Å². The molecule has 9 nitrogen and oxygen atoms in total. The Kier molecular flexibility index (Phi) is 10.8. The van der Waals surface area contributed by atoms with Crippen LogP contribution in [0.25, 0.3) is 0 Å². The highest BCUT2D eigenvalue weighted by atomic mass is 16.6. The van der Waals surface area contributed by atoms with E-state index < -0.39 is 35.6 Å². The number of hydrogen-bond donors (Lipinski definition) is 3. The number of ether oxygens (including phenoxy) is 1. The van der Waals surface area contributed by atoms with E-state index >= 15 is 0 Å². The van der Waals surface area contributed by atoms with E-state index in [0.717, 1.165) is 27.9 Å². The maximum atomic E-state index is 13.9. The van der Waals surface area contributed by atoms with Crippen molar-refractivity contribution in [1.29, 1.82) is 0 Å². The average molecular weight is 541 g/mol. The Hall–Kier alpha value is -3.75. The summed E-state index contributed by atoms with van der Waals surface area (Å²) >= 11 is 0. The predicted molar refractivity (Wildman–Crippen MR) is 154 cm³/mol. The lowest BCUT2D eigenvalue weighted by Crippen LogP contribution is -2.55. The molecular weight excluding hydrogens is 496 g/mol. The van der Waals surface area contributed by atoms with Gasteiger partial charge in [-0.3, -0.25) is 9.59 Å². The second-order valence-corrected chi connectivity index (χ2v) is 11.2. The predicted octanol–water partition coefficient (Wildman–Crippen LogP) is 3.85. The first kappa shape index (κ1) is 31.5. The van der Waals surface area contributed by atoms with Crippen LogP contribution in [0.5, 0.6) is 5.75 Å². The second kappa shape index (κ2) is 13.4. The van der Waals surface area contributed by atoms with E-state index in [2.05, 4.69) is 5.32 Å². The summed E-state index contributed by atoms with van der Waals surface area (Å²) < 4.78 is 5.43. The lowest BCUT2D eigenvalue weighted by atomic mass is 9.95. The number of primary amides is 1. The van der Waals surface area contributed by atoms with E-state index in [9.17, 15) is 19.5 Å². The topological polar surface area (TPSA) is 125 Å². The monoisotopic (exact) mass is 540 g/mol. The zero-order valence-electron chi connectivity index (χ0n) is 24.5. The van der Waals surface area contributed by atoms with Crippen LogP contribution in [0.2, 0.25) is 0 Å². The normalized spacial score (nSPS) is 12.8. The highest BCUT2D eigenvalue weighted by Crippen LogP contribution is 2.23. The Morgan fingerprint density at radius 2 is 1.62 bits per heavy atom. The van der Waals surface area contributed by atoms with E-state index in [1.807, 2.05) is 57.1 Å². The molecule has 0 aliphatic heterocycles. The largest absolute Gasteiger partial charge is 0.508 e. The number of phenols is 1. The summed E-state index contributed by atoms with van der Waals surface area (Å²) in [4.78, 5) is 42.3. The molecule has 2 atom stereocenters. The van der Waals surface area contributed by atoms with E-state index in [0.29, 0.717) is 12.8 Å². The van der Waals surface area contributed by atoms with E-state index in [1.165, 1.54) is 4.90 Å². The highest BCUT2D eigenvalue weighted by Gasteiger charge is 2.33. The number of nitrogens with two attached hydrogens (primary N) is 1. The van der Waals surface area contributed by atoms with Gasteiger partial charge in [0, 0.05) is 32.7 Å². The molecule has 2 aromatic rings. The molecule has 214 valence electrons. The van der Waals surface area contributed by atoms with Crippen LogP contribution in [0.3, 0.4) is 0 Å². The summed E-state index contributed by atoms with van der Waals surface area (Å²) in [6, 6.07) is 9.50. The van der Waals surface area contributed by atoms with Crippen LogP contribution in [0.4, 0.5) is 10.5 Å². The first-order valence-electron chi connectivity index (χ1n) is 13.2. The fourth-order valence-corrected chi connectivity index (χ4v) is 4.41. The third-order valence-electron chi connectivity index (χ3n) is 6.56. The van der Waals surface area contributed by atoms with Crippen molar-refractivity contribution in [3.8, 4) is 5.75 Å². The molecule has 0 aliphatic rings. The first-order chi connectivity index (χ1) is 18.1. The van der Waals surface area contributed by atoms with Crippen molar-refractivity contribution in [2.75, 3.05) is 25.5 Å². The molecule has 0 aliphatic carbocycles. The summed E-state index contributed by atoms with van der Waals surface area (Å²) in [6.45, 7) is 10.8. The molecule has 0 saturated heterocycles. The maximum absolute atomic E-state index is 13.9. The molecule has 0 fully saturated rings. The van der Waals surface area contributed by atoms with Crippen molar-refractivity contribution in [2.24, 2.45) is 5.73 Å². The van der Waals surface area contributed by atoms with Gasteiger partial charge in [-0.2, -0.15) is 0 Å². The van der Waals surface area contributed by atoms with Crippen molar-refractivity contribution >= 4 is 23.6 Å². The maximum Gasteiger partial charge on any atom is 0.408 e. The number of carbonyl (C=O) groups excluding carboxylic acids is 3. The number of rotatable bonds is 11. The molecule has 0 heterocycles. The standard InChI is InChI=1S/C30H44N4O5/c1-19-16-24(35)17-20(2)25(19)18-26(32-29(38)39-30(4,5)6)28(37)34(21(3)27(31)36)15-9-10-22-11-13-23(14-12-22)33(7)8/h11-14,16-17,21,26,35H,9-10,15,18H2,1-8H3,(H2,31,36)(H,32,38)/t21-,26?/m1/s1. The van der Waals surface area contributed by atoms with Crippen molar-refractivity contribution < 1.29 is 24.2 Å². The van der Waals surface area contributed by atoms with Crippen LogP contribution in [0, 0.1) is 13.8 Å². The van der Waals surface area contributed by atoms with Crippen molar-refractivity contribution in [2.45, 2.75) is 78.5 Å². The molecule has 4 N–H and O–H groups in total. The molecule has 0 spiro atoms. The Labute approximate surface area is 232 Å². The minimum atomic E-state index is -1.01. The number of aryl methyl sites for hydroxylation is 3. The Morgan fingerprint density at radius 1 is 1.05 bits per heavy atom. The zero-order valence-corrected chi connectivity index (χ0v) is 24.5. The van der Waals surface area contributed by atoms with Gasteiger partial charge in [-0.05, 0) is 101 Å². The summed E-state index contributed by atoms with van der Waals surface area (Å²) in [6.07, 6.45) is 0.719. The molecule has 3 amide bonds. The van der Waals surface area contributed by atoms with E-state index in [1.54, 1.807) is 39.8 Å². The third kappa shape index (κ3) is 9.50. The summed E-state index contributed by atoms with van der Waals surface area (Å²) in [5, 5.41) is 12.7. The van der Waals surface area contributed by atoms with Gasteiger partial charge in [0.15, 0.2) is 0 Å². The SMILES string of the molecule is Cc1cc(O)cc(C)c1CC(NC(=O)OC(C)(C)C)C(=O)N(CCCc1ccc(N(C)C)cc1)[C@H](C)C(N)=O. The Bertz CT molecular complexity index is 1130. The van der Waals surface area contributed by atoms with E-state index in [-0.39, 0.29) is 18.7 Å². The average Bonchev–Trinajstić information content (AvgIpc) is 2.81. The number of hydrogen-bond acceptors (Lipinski definition) is 6. The number of nitrogens with zero attached hydrogens (tertiary/aromatic N) is 2. The van der Waals surface area contributed by atoms with Crippen molar-refractivity contribution in [3.05, 3.63) is 58.7 Å². The van der Waals surface area contributed by atoms with Gasteiger partial charge >= 0.3 is 6.09 Å². The van der Waals surface area contributed by atoms with Crippen LogP contribution in [0.1, 0.15) is 56.4 Å². The number of alkyl carbamates (subject to hydrolysis) is 1. The molecule has 9 heteroatoms. The minimum Gasteiger partial charge on any atom is -0.508 e. The molecule has 0 radical (unpaired) electrons. The lowest BCUT2D eigenvalue weighted by Gasteiger charge is -2.32. The number of amides is 3. The van der Waals surface area contributed by atoms with Crippen molar-refractivity contribution in [3.63, 3.8) is 0 Å². The molecule has 0 saturated carbocycles. The Morgan fingerprint density at radius 3 is 2.10 bits per heavy atom. The lowest BCUT2D eigenvalue weighted by molar-refractivity contribution is -0.140. The summed E-state index contributed by atoms with van der Waals surface area (Å²) in [5.74, 6) is -0.937. The molecule has 2 rings (SSSR count). The summed E-state index contributed by atoms with van der Waals surface area (Å²) in [5.41, 5.74) is 9.45. The van der Waals surface area contributed by atoms with Crippen LogP contribution in [-0.4, -0.2) is 66.2 Å². The van der Waals surface area contributed by atoms with Gasteiger partial charge < -0.3 is 30.7 Å². The smallest absolute Gasteiger partial charge is 0.408 e. The zero-order chi connectivity index (χ0) is 29.5. The van der Waals surface area contributed by atoms with Gasteiger partial charge in [0.05, 0.1) is 0 Å². The molecular formula is C30H44N4O5. The fraction of sp³-hybridized carbons (Fsp3) is 0.500.